The van der Waals surface area contributed by atoms with Crippen LogP contribution in [0.5, 0.6) is 0 Å². The van der Waals surface area contributed by atoms with Gasteiger partial charge in [0.05, 0.1) is 6.33 Å². The minimum absolute atomic E-state index is 0.577. The van der Waals surface area contributed by atoms with Crippen molar-refractivity contribution in [2.24, 2.45) is 0 Å². The van der Waals surface area contributed by atoms with Crippen molar-refractivity contribution in [3.63, 3.8) is 0 Å². The molecule has 1 fully saturated rings. The molecule has 1 saturated heterocycles. The van der Waals surface area contributed by atoms with Gasteiger partial charge in [0.15, 0.2) is 0 Å². The third-order valence-corrected chi connectivity index (χ3v) is 3.50. The van der Waals surface area contributed by atoms with Crippen molar-refractivity contribution in [2.75, 3.05) is 24.6 Å². The molecule has 0 spiro atoms. The van der Waals surface area contributed by atoms with E-state index < -0.39 is 10.8 Å². The molecule has 0 amide bonds. The third-order valence-electron chi connectivity index (χ3n) is 2.22. The predicted molar refractivity (Wildman–Crippen MR) is 51.7 cm³/mol. The first-order valence-electron chi connectivity index (χ1n) is 4.39. The van der Waals surface area contributed by atoms with Crippen LogP contribution in [0.4, 0.5) is 0 Å². The Labute approximate surface area is 79.8 Å². The van der Waals surface area contributed by atoms with E-state index in [1.165, 1.54) is 0 Å². The zero-order chi connectivity index (χ0) is 9.10. The Bertz CT molecular complexity index is 276. The van der Waals surface area contributed by atoms with Gasteiger partial charge in [0, 0.05) is 53.8 Å². The lowest BCUT2D eigenvalue weighted by Crippen LogP contribution is -2.37. The minimum Gasteiger partial charge on any atom is -0.347 e. The molecule has 0 unspecified atom stereocenters. The van der Waals surface area contributed by atoms with Gasteiger partial charge in [0.25, 0.3) is 0 Å². The Morgan fingerprint density at radius 1 is 1.54 bits per heavy atom. The second-order valence-electron chi connectivity index (χ2n) is 3.20. The van der Waals surface area contributed by atoms with Crippen LogP contribution < -0.4 is 0 Å². The predicted octanol–water partition coefficient (Wildman–Crippen LogP) is -0.0260. The van der Waals surface area contributed by atoms with Crippen molar-refractivity contribution in [2.45, 2.75) is 6.54 Å². The highest BCUT2D eigenvalue weighted by molar-refractivity contribution is 7.85. The molecule has 1 aliphatic rings. The molecule has 13 heavy (non-hydrogen) atoms. The average molecular weight is 199 g/mol. The van der Waals surface area contributed by atoms with Crippen molar-refractivity contribution in [1.29, 1.82) is 0 Å². The number of hydrogen-bond donors (Lipinski definition) is 1. The highest BCUT2D eigenvalue weighted by Crippen LogP contribution is 2.04. The van der Waals surface area contributed by atoms with Crippen LogP contribution in [0, 0.1) is 0 Å². The van der Waals surface area contributed by atoms with Gasteiger partial charge in [-0.1, -0.05) is 0 Å². The van der Waals surface area contributed by atoms with Crippen LogP contribution in [0.3, 0.4) is 0 Å². The number of nitrogens with zero attached hydrogens (tertiary/aromatic N) is 2. The van der Waals surface area contributed by atoms with Gasteiger partial charge in [0.2, 0.25) is 0 Å². The molecule has 72 valence electrons. The number of rotatable bonds is 2. The molecule has 1 aromatic rings. The summed E-state index contributed by atoms with van der Waals surface area (Å²) < 4.78 is 11.1. The number of H-pyrrole nitrogens is 1. The monoisotopic (exact) mass is 199 g/mol. The van der Waals surface area contributed by atoms with Crippen molar-refractivity contribution >= 4 is 10.8 Å². The second kappa shape index (κ2) is 4.02. The summed E-state index contributed by atoms with van der Waals surface area (Å²) in [6, 6.07) is 0. The van der Waals surface area contributed by atoms with E-state index >= 15 is 0 Å². The molecule has 0 aliphatic carbocycles. The SMILES string of the molecule is O=S1CCN(Cc2cnc[nH]2)CC1. The quantitative estimate of drug-likeness (QED) is 0.728. The lowest BCUT2D eigenvalue weighted by Gasteiger charge is -2.25. The highest BCUT2D eigenvalue weighted by atomic mass is 32.2. The first-order valence-corrected chi connectivity index (χ1v) is 5.88. The fourth-order valence-corrected chi connectivity index (χ4v) is 2.57. The van der Waals surface area contributed by atoms with Crippen molar-refractivity contribution in [3.05, 3.63) is 18.2 Å². The molecule has 2 heterocycles. The van der Waals surface area contributed by atoms with Crippen molar-refractivity contribution in [3.8, 4) is 0 Å². The molecule has 5 heteroatoms. The van der Waals surface area contributed by atoms with Gasteiger partial charge in [-0.2, -0.15) is 0 Å². The van der Waals surface area contributed by atoms with Gasteiger partial charge in [-0.05, 0) is 0 Å². The van der Waals surface area contributed by atoms with Gasteiger partial charge in [-0.3, -0.25) is 9.11 Å². The maximum atomic E-state index is 11.1. The van der Waals surface area contributed by atoms with Gasteiger partial charge >= 0.3 is 0 Å². The van der Waals surface area contributed by atoms with E-state index in [4.69, 9.17) is 0 Å². The van der Waals surface area contributed by atoms with Gasteiger partial charge in [0.1, 0.15) is 0 Å². The van der Waals surface area contributed by atoms with Gasteiger partial charge in [-0.25, -0.2) is 4.98 Å². The van der Waals surface area contributed by atoms with Crippen molar-refractivity contribution in [1.82, 2.24) is 14.9 Å². The Balaban J connectivity index is 1.86. The molecule has 0 bridgehead atoms. The topological polar surface area (TPSA) is 49.0 Å². The number of hydrogen-bond acceptors (Lipinski definition) is 3. The first-order chi connectivity index (χ1) is 6.34. The largest absolute Gasteiger partial charge is 0.347 e. The first kappa shape index (κ1) is 8.90. The van der Waals surface area contributed by atoms with E-state index in [0.29, 0.717) is 0 Å². The standard InChI is InChI=1S/C8H13N3OS/c12-13-3-1-11(2-4-13)6-8-5-9-7-10-8/h5,7H,1-4,6H2,(H,9,10). The van der Waals surface area contributed by atoms with E-state index in [0.717, 1.165) is 36.8 Å². The maximum absolute atomic E-state index is 11.1. The van der Waals surface area contributed by atoms with Crippen LogP contribution >= 0.6 is 0 Å². The molecule has 0 saturated carbocycles. The lowest BCUT2D eigenvalue weighted by atomic mass is 10.4. The molecule has 0 radical (unpaired) electrons. The molecule has 1 N–H and O–H groups in total. The minimum atomic E-state index is -0.577. The van der Waals surface area contributed by atoms with Gasteiger partial charge < -0.3 is 4.98 Å². The summed E-state index contributed by atoms with van der Waals surface area (Å²) in [5.41, 5.74) is 1.13. The zero-order valence-electron chi connectivity index (χ0n) is 7.40. The molecule has 1 aromatic heterocycles. The molecule has 0 aromatic carbocycles. The molecule has 1 aliphatic heterocycles. The van der Waals surface area contributed by atoms with E-state index in [9.17, 15) is 4.21 Å². The summed E-state index contributed by atoms with van der Waals surface area (Å²) in [6.07, 6.45) is 3.53. The average Bonchev–Trinajstić information content (AvgIpc) is 2.62. The molecule has 4 nitrogen and oxygen atoms in total. The smallest absolute Gasteiger partial charge is 0.0922 e. The molecule has 0 atom stereocenters. The maximum Gasteiger partial charge on any atom is 0.0922 e. The fraction of sp³-hybridized carbons (Fsp3) is 0.625. The number of imidazole rings is 1. The fourth-order valence-electron chi connectivity index (χ4n) is 1.45. The lowest BCUT2D eigenvalue weighted by molar-refractivity contribution is 0.288. The number of aromatic nitrogens is 2. The summed E-state index contributed by atoms with van der Waals surface area (Å²) in [5.74, 6) is 1.63. The van der Waals surface area contributed by atoms with Crippen LogP contribution in [0.15, 0.2) is 12.5 Å². The van der Waals surface area contributed by atoms with Gasteiger partial charge in [-0.15, -0.1) is 0 Å². The zero-order valence-corrected chi connectivity index (χ0v) is 8.22. The molecule has 2 rings (SSSR count). The third kappa shape index (κ3) is 2.38. The summed E-state index contributed by atoms with van der Waals surface area (Å²) >= 11 is 0. The highest BCUT2D eigenvalue weighted by Gasteiger charge is 2.15. The molecular weight excluding hydrogens is 186 g/mol. The Kier molecular flexibility index (Phi) is 2.75. The summed E-state index contributed by atoms with van der Waals surface area (Å²) in [4.78, 5) is 9.33. The summed E-state index contributed by atoms with van der Waals surface area (Å²) in [7, 11) is -0.577. The second-order valence-corrected chi connectivity index (χ2v) is 4.90. The van der Waals surface area contributed by atoms with E-state index in [2.05, 4.69) is 14.9 Å². The van der Waals surface area contributed by atoms with Crippen molar-refractivity contribution < 1.29 is 4.21 Å². The van der Waals surface area contributed by atoms with Crippen LogP contribution in [0.1, 0.15) is 5.69 Å². The van der Waals surface area contributed by atoms with E-state index in [-0.39, 0.29) is 0 Å². The number of nitrogens with one attached hydrogen (secondary N) is 1. The summed E-state index contributed by atoms with van der Waals surface area (Å²) in [5, 5.41) is 0. The van der Waals surface area contributed by atoms with Crippen LogP contribution in [-0.2, 0) is 17.3 Å². The molecular formula is C8H13N3OS. The summed E-state index contributed by atoms with van der Waals surface area (Å²) in [6.45, 7) is 2.77. The Hall–Kier alpha value is -0.680. The van der Waals surface area contributed by atoms with Crippen LogP contribution in [0.25, 0.3) is 0 Å². The van der Waals surface area contributed by atoms with E-state index in [1.807, 2.05) is 6.20 Å². The van der Waals surface area contributed by atoms with Crippen LogP contribution in [0.2, 0.25) is 0 Å². The normalized spacial score (nSPS) is 20.6. The van der Waals surface area contributed by atoms with Crippen LogP contribution in [-0.4, -0.2) is 43.7 Å². The Morgan fingerprint density at radius 3 is 2.92 bits per heavy atom. The van der Waals surface area contributed by atoms with E-state index in [1.54, 1.807) is 6.33 Å². The Morgan fingerprint density at radius 2 is 2.31 bits per heavy atom. The number of aromatic amines is 1.